The second-order valence-corrected chi connectivity index (χ2v) is 9.67. The Kier molecular flexibility index (Phi) is 7.14. The second kappa shape index (κ2) is 8.92. The molecule has 0 bridgehead atoms. The molecule has 2 N–H and O–H groups in total. The molecule has 0 aliphatic carbocycles. The minimum atomic E-state index is -3.30. The average Bonchev–Trinajstić information content (AvgIpc) is 2.58. The standard InChI is InChI=1S/C18H21BrN2O3S2/c1-4-26(23,24)21-15-7-5-14(6-8-15)20-18(22)11-25-17-10-12(2)16(19)9-13(17)3/h5-10,21H,4,11H2,1-3H3,(H,20,22). The molecule has 2 rings (SSSR count). The van der Waals surface area contributed by atoms with E-state index >= 15 is 0 Å². The highest BCUT2D eigenvalue weighted by Gasteiger charge is 2.09. The first-order valence-corrected chi connectivity index (χ1v) is 11.4. The normalized spacial score (nSPS) is 11.2. The lowest BCUT2D eigenvalue weighted by molar-refractivity contribution is -0.113. The van der Waals surface area contributed by atoms with E-state index in [2.05, 4.69) is 32.0 Å². The Morgan fingerprint density at radius 3 is 2.31 bits per heavy atom. The number of rotatable bonds is 7. The van der Waals surface area contributed by atoms with Crippen LogP contribution < -0.4 is 10.0 Å². The lowest BCUT2D eigenvalue weighted by Gasteiger charge is -2.10. The van der Waals surface area contributed by atoms with E-state index in [1.807, 2.05) is 19.9 Å². The van der Waals surface area contributed by atoms with Gasteiger partial charge in [0.15, 0.2) is 0 Å². The van der Waals surface area contributed by atoms with E-state index in [0.29, 0.717) is 17.1 Å². The van der Waals surface area contributed by atoms with Crippen LogP contribution in [-0.4, -0.2) is 25.8 Å². The number of hydrogen-bond acceptors (Lipinski definition) is 4. The third-order valence-corrected chi connectivity index (χ3v) is 6.96. The van der Waals surface area contributed by atoms with Crippen LogP contribution in [0.1, 0.15) is 18.1 Å². The van der Waals surface area contributed by atoms with Crippen LogP contribution >= 0.6 is 27.7 Å². The van der Waals surface area contributed by atoms with Crippen LogP contribution in [0.15, 0.2) is 45.8 Å². The molecule has 0 atom stereocenters. The Morgan fingerprint density at radius 1 is 1.08 bits per heavy atom. The highest BCUT2D eigenvalue weighted by atomic mass is 79.9. The van der Waals surface area contributed by atoms with Crippen molar-refractivity contribution in [1.29, 1.82) is 0 Å². The molecule has 5 nitrogen and oxygen atoms in total. The number of aryl methyl sites for hydroxylation is 2. The molecule has 140 valence electrons. The average molecular weight is 457 g/mol. The number of halogens is 1. The number of hydrogen-bond donors (Lipinski definition) is 2. The van der Waals surface area contributed by atoms with Gasteiger partial charge in [0.2, 0.25) is 15.9 Å². The summed E-state index contributed by atoms with van der Waals surface area (Å²) in [5, 5.41) is 2.82. The molecular weight excluding hydrogens is 436 g/mol. The summed E-state index contributed by atoms with van der Waals surface area (Å²) in [5.74, 6) is 0.195. The zero-order chi connectivity index (χ0) is 19.3. The van der Waals surface area contributed by atoms with Gasteiger partial charge >= 0.3 is 0 Å². The Balaban J connectivity index is 1.93. The van der Waals surface area contributed by atoms with Crippen molar-refractivity contribution in [3.05, 3.63) is 52.0 Å². The molecule has 0 aliphatic rings. The van der Waals surface area contributed by atoms with Gasteiger partial charge in [-0.25, -0.2) is 8.42 Å². The van der Waals surface area contributed by atoms with Crippen molar-refractivity contribution in [2.75, 3.05) is 21.5 Å². The SMILES string of the molecule is CCS(=O)(=O)Nc1ccc(NC(=O)CSc2cc(C)c(Br)cc2C)cc1. The Bertz CT molecular complexity index is 897. The predicted octanol–water partition coefficient (Wildman–Crippen LogP) is 4.56. The van der Waals surface area contributed by atoms with E-state index in [-0.39, 0.29) is 11.7 Å². The minimum Gasteiger partial charge on any atom is -0.325 e. The van der Waals surface area contributed by atoms with Crippen LogP contribution in [0.4, 0.5) is 11.4 Å². The summed E-state index contributed by atoms with van der Waals surface area (Å²) in [6.07, 6.45) is 0. The molecule has 0 fully saturated rings. The number of nitrogens with one attached hydrogen (secondary N) is 2. The molecule has 0 unspecified atom stereocenters. The molecule has 26 heavy (non-hydrogen) atoms. The van der Waals surface area contributed by atoms with Crippen LogP contribution in [-0.2, 0) is 14.8 Å². The van der Waals surface area contributed by atoms with Gasteiger partial charge in [-0.1, -0.05) is 15.9 Å². The number of sulfonamides is 1. The zero-order valence-electron chi connectivity index (χ0n) is 14.8. The minimum absolute atomic E-state index is 0.0116. The van der Waals surface area contributed by atoms with E-state index in [9.17, 15) is 13.2 Å². The Labute approximate surface area is 167 Å². The smallest absolute Gasteiger partial charge is 0.234 e. The van der Waals surface area contributed by atoms with Crippen LogP contribution in [0.25, 0.3) is 0 Å². The van der Waals surface area contributed by atoms with Crippen molar-refractivity contribution in [3.8, 4) is 0 Å². The number of carbonyl (C=O) groups is 1. The molecule has 8 heteroatoms. The summed E-state index contributed by atoms with van der Waals surface area (Å²) in [6, 6.07) is 10.7. The van der Waals surface area contributed by atoms with Gasteiger partial charge in [0, 0.05) is 20.7 Å². The molecule has 0 saturated heterocycles. The quantitative estimate of drug-likeness (QED) is 0.598. The maximum atomic E-state index is 12.2. The van der Waals surface area contributed by atoms with Gasteiger partial charge in [0.05, 0.1) is 11.5 Å². The van der Waals surface area contributed by atoms with Crippen LogP contribution in [0.2, 0.25) is 0 Å². The topological polar surface area (TPSA) is 75.3 Å². The van der Waals surface area contributed by atoms with Gasteiger partial charge in [-0.15, -0.1) is 11.8 Å². The fourth-order valence-corrected chi connectivity index (χ4v) is 4.13. The van der Waals surface area contributed by atoms with Crippen molar-refractivity contribution in [2.24, 2.45) is 0 Å². The van der Waals surface area contributed by atoms with Crippen LogP contribution in [0, 0.1) is 13.8 Å². The predicted molar refractivity (Wildman–Crippen MR) is 112 cm³/mol. The summed E-state index contributed by atoms with van der Waals surface area (Å²) in [4.78, 5) is 13.2. The molecule has 0 aliphatic heterocycles. The summed E-state index contributed by atoms with van der Waals surface area (Å²) in [5.41, 5.74) is 3.34. The number of benzene rings is 2. The fraction of sp³-hybridized carbons (Fsp3) is 0.278. The summed E-state index contributed by atoms with van der Waals surface area (Å²) >= 11 is 4.99. The monoisotopic (exact) mass is 456 g/mol. The third kappa shape index (κ3) is 6.03. The first kappa shape index (κ1) is 20.8. The van der Waals surface area contributed by atoms with Gasteiger partial charge in [0.1, 0.15) is 0 Å². The third-order valence-electron chi connectivity index (χ3n) is 3.64. The molecule has 0 aromatic heterocycles. The van der Waals surface area contributed by atoms with Crippen LogP contribution in [0.5, 0.6) is 0 Å². The second-order valence-electron chi connectivity index (χ2n) is 5.79. The first-order valence-electron chi connectivity index (χ1n) is 8.00. The number of thioether (sulfide) groups is 1. The lowest BCUT2D eigenvalue weighted by Crippen LogP contribution is -2.15. The maximum Gasteiger partial charge on any atom is 0.234 e. The summed E-state index contributed by atoms with van der Waals surface area (Å²) in [6.45, 7) is 5.60. The molecule has 0 heterocycles. The van der Waals surface area contributed by atoms with Crippen molar-refractivity contribution in [3.63, 3.8) is 0 Å². The molecule has 2 aromatic carbocycles. The van der Waals surface area contributed by atoms with Gasteiger partial charge in [0.25, 0.3) is 0 Å². The van der Waals surface area contributed by atoms with E-state index < -0.39 is 10.0 Å². The Morgan fingerprint density at radius 2 is 1.69 bits per heavy atom. The van der Waals surface area contributed by atoms with Crippen molar-refractivity contribution in [2.45, 2.75) is 25.7 Å². The lowest BCUT2D eigenvalue weighted by atomic mass is 10.2. The fourth-order valence-electron chi connectivity index (χ4n) is 2.12. The van der Waals surface area contributed by atoms with E-state index in [1.165, 1.54) is 11.8 Å². The molecule has 0 radical (unpaired) electrons. The van der Waals surface area contributed by atoms with E-state index in [0.717, 1.165) is 20.5 Å². The molecule has 2 aromatic rings. The van der Waals surface area contributed by atoms with Crippen molar-refractivity contribution >= 4 is 55.0 Å². The highest BCUT2D eigenvalue weighted by molar-refractivity contribution is 9.10. The van der Waals surface area contributed by atoms with E-state index in [4.69, 9.17) is 0 Å². The summed E-state index contributed by atoms with van der Waals surface area (Å²) < 4.78 is 26.6. The van der Waals surface area contributed by atoms with Crippen molar-refractivity contribution in [1.82, 2.24) is 0 Å². The first-order chi connectivity index (χ1) is 12.2. The van der Waals surface area contributed by atoms with Gasteiger partial charge in [-0.3, -0.25) is 9.52 Å². The van der Waals surface area contributed by atoms with Gasteiger partial charge < -0.3 is 5.32 Å². The Hall–Kier alpha value is -1.51. The van der Waals surface area contributed by atoms with E-state index in [1.54, 1.807) is 31.2 Å². The number of amides is 1. The number of anilines is 2. The molecular formula is C18H21BrN2O3S2. The molecule has 1 amide bonds. The highest BCUT2D eigenvalue weighted by Crippen LogP contribution is 2.28. The molecule has 0 saturated carbocycles. The zero-order valence-corrected chi connectivity index (χ0v) is 18.0. The largest absolute Gasteiger partial charge is 0.325 e. The maximum absolute atomic E-state index is 12.2. The number of carbonyl (C=O) groups excluding carboxylic acids is 1. The molecule has 0 spiro atoms. The van der Waals surface area contributed by atoms with Crippen LogP contribution in [0.3, 0.4) is 0 Å². The summed E-state index contributed by atoms with van der Waals surface area (Å²) in [7, 11) is -3.30. The van der Waals surface area contributed by atoms with Gasteiger partial charge in [-0.05, 0) is 68.3 Å². The van der Waals surface area contributed by atoms with Crippen molar-refractivity contribution < 1.29 is 13.2 Å². The van der Waals surface area contributed by atoms with Gasteiger partial charge in [-0.2, -0.15) is 0 Å².